The van der Waals surface area contributed by atoms with Gasteiger partial charge in [0.1, 0.15) is 30.3 Å². The van der Waals surface area contributed by atoms with Crippen molar-refractivity contribution in [3.05, 3.63) is 46.6 Å². The number of carbonyl (C=O) groups is 2. The van der Waals surface area contributed by atoms with Gasteiger partial charge in [0.05, 0.1) is 12.6 Å². The molecule has 0 spiro atoms. The van der Waals surface area contributed by atoms with E-state index in [0.717, 1.165) is 5.56 Å². The molecule has 28 heavy (non-hydrogen) atoms. The van der Waals surface area contributed by atoms with Crippen LogP contribution >= 0.6 is 0 Å². The Bertz CT molecular complexity index is 724. The SMILES string of the molecule is CC(C)(C)OC(=O)NC1CC=C(CNC(=O)OCc2ccc(N=O)cc2)OC1. The lowest BCUT2D eigenvalue weighted by molar-refractivity contribution is 0.0462. The number of nitrogens with one attached hydrogen (secondary N) is 2. The molecule has 1 unspecified atom stereocenters. The van der Waals surface area contributed by atoms with Crippen molar-refractivity contribution >= 4 is 17.9 Å². The Morgan fingerprint density at radius 1 is 1.21 bits per heavy atom. The van der Waals surface area contributed by atoms with Crippen LogP contribution in [0.25, 0.3) is 0 Å². The van der Waals surface area contributed by atoms with Crippen molar-refractivity contribution in [2.75, 3.05) is 13.2 Å². The van der Waals surface area contributed by atoms with Crippen LogP contribution in [0.5, 0.6) is 0 Å². The van der Waals surface area contributed by atoms with Gasteiger partial charge in [0.2, 0.25) is 0 Å². The van der Waals surface area contributed by atoms with Gasteiger partial charge in [-0.05, 0) is 56.1 Å². The van der Waals surface area contributed by atoms with Crippen LogP contribution in [0.4, 0.5) is 15.3 Å². The van der Waals surface area contributed by atoms with Gasteiger partial charge in [-0.15, -0.1) is 4.91 Å². The number of hydrogen-bond donors (Lipinski definition) is 2. The molecular weight excluding hydrogens is 366 g/mol. The minimum Gasteiger partial charge on any atom is -0.494 e. The highest BCUT2D eigenvalue weighted by atomic mass is 16.6. The lowest BCUT2D eigenvalue weighted by Crippen LogP contribution is -2.42. The zero-order valence-electron chi connectivity index (χ0n) is 16.2. The van der Waals surface area contributed by atoms with E-state index >= 15 is 0 Å². The van der Waals surface area contributed by atoms with Gasteiger partial charge < -0.3 is 24.8 Å². The molecule has 9 heteroatoms. The Morgan fingerprint density at radius 2 is 1.93 bits per heavy atom. The summed E-state index contributed by atoms with van der Waals surface area (Å²) in [7, 11) is 0. The second-order valence-corrected chi connectivity index (χ2v) is 7.25. The summed E-state index contributed by atoms with van der Waals surface area (Å²) in [5.41, 5.74) is 0.499. The molecule has 0 saturated carbocycles. The molecule has 1 atom stereocenters. The molecule has 0 saturated heterocycles. The van der Waals surface area contributed by atoms with E-state index in [1.54, 1.807) is 51.1 Å². The number of nitroso groups, excluding NO2 is 1. The highest BCUT2D eigenvalue weighted by Crippen LogP contribution is 2.14. The summed E-state index contributed by atoms with van der Waals surface area (Å²) in [5.74, 6) is 0.598. The third-order valence-corrected chi connectivity index (χ3v) is 3.64. The standard InChI is InChI=1S/C19H25N3O6/c1-19(2,3)28-18(24)21-15-8-9-16(26-12-15)10-20-17(23)27-11-13-4-6-14(22-25)7-5-13/h4-7,9,15H,8,10-12H2,1-3H3,(H,20,23)(H,21,24). The van der Waals surface area contributed by atoms with Crippen molar-refractivity contribution in [3.63, 3.8) is 0 Å². The molecular formula is C19H25N3O6. The molecule has 0 bridgehead atoms. The van der Waals surface area contributed by atoms with Crippen molar-refractivity contribution < 1.29 is 23.8 Å². The van der Waals surface area contributed by atoms with Crippen molar-refractivity contribution in [2.45, 2.75) is 45.4 Å². The number of ether oxygens (including phenoxy) is 3. The topological polar surface area (TPSA) is 115 Å². The molecule has 2 amide bonds. The summed E-state index contributed by atoms with van der Waals surface area (Å²) in [5, 5.41) is 8.14. The second kappa shape index (κ2) is 9.72. The molecule has 0 radical (unpaired) electrons. The molecule has 1 aliphatic heterocycles. The monoisotopic (exact) mass is 391 g/mol. The lowest BCUT2D eigenvalue weighted by atomic mass is 10.1. The number of hydrogen-bond acceptors (Lipinski definition) is 7. The maximum atomic E-state index is 11.8. The van der Waals surface area contributed by atoms with E-state index in [-0.39, 0.29) is 19.2 Å². The molecule has 1 aliphatic rings. The van der Waals surface area contributed by atoms with E-state index in [1.165, 1.54) is 0 Å². The lowest BCUT2D eigenvalue weighted by Gasteiger charge is -2.26. The molecule has 1 aromatic rings. The molecule has 152 valence electrons. The van der Waals surface area contributed by atoms with Crippen LogP contribution in [0, 0.1) is 4.91 Å². The fourth-order valence-corrected chi connectivity index (χ4v) is 2.32. The van der Waals surface area contributed by atoms with Gasteiger partial charge in [-0.2, -0.15) is 0 Å². The first kappa shape index (κ1) is 21.2. The van der Waals surface area contributed by atoms with E-state index in [4.69, 9.17) is 14.2 Å². The van der Waals surface area contributed by atoms with Gasteiger partial charge in [-0.25, -0.2) is 9.59 Å². The predicted molar refractivity (Wildman–Crippen MR) is 102 cm³/mol. The van der Waals surface area contributed by atoms with Crippen LogP contribution in [0.15, 0.2) is 41.3 Å². The number of alkyl carbamates (subject to hydrolysis) is 2. The molecule has 0 aliphatic carbocycles. The highest BCUT2D eigenvalue weighted by Gasteiger charge is 2.22. The van der Waals surface area contributed by atoms with Crippen LogP contribution in [0.3, 0.4) is 0 Å². The van der Waals surface area contributed by atoms with Crippen molar-refractivity contribution in [2.24, 2.45) is 5.18 Å². The summed E-state index contributed by atoms with van der Waals surface area (Å²) < 4.78 is 15.8. The Morgan fingerprint density at radius 3 is 2.50 bits per heavy atom. The summed E-state index contributed by atoms with van der Waals surface area (Å²) >= 11 is 0. The average Bonchev–Trinajstić information content (AvgIpc) is 2.64. The number of benzene rings is 1. The minimum atomic E-state index is -0.587. The van der Waals surface area contributed by atoms with Gasteiger partial charge in [0.15, 0.2) is 0 Å². The Hall–Kier alpha value is -3.10. The van der Waals surface area contributed by atoms with E-state index < -0.39 is 17.8 Å². The largest absolute Gasteiger partial charge is 0.494 e. The Balaban J connectivity index is 1.67. The average molecular weight is 391 g/mol. The van der Waals surface area contributed by atoms with E-state index in [1.807, 2.05) is 0 Å². The Kier molecular flexibility index (Phi) is 7.36. The molecule has 2 N–H and O–H groups in total. The summed E-state index contributed by atoms with van der Waals surface area (Å²) in [6.45, 7) is 5.94. The summed E-state index contributed by atoms with van der Waals surface area (Å²) in [6, 6.07) is 6.23. The second-order valence-electron chi connectivity index (χ2n) is 7.25. The zero-order valence-corrected chi connectivity index (χ0v) is 16.2. The first-order valence-corrected chi connectivity index (χ1v) is 8.89. The normalized spacial score (nSPS) is 16.2. The first-order chi connectivity index (χ1) is 13.2. The maximum absolute atomic E-state index is 11.8. The van der Waals surface area contributed by atoms with Crippen LogP contribution in [-0.4, -0.2) is 37.0 Å². The van der Waals surface area contributed by atoms with Crippen LogP contribution in [0.2, 0.25) is 0 Å². The fraction of sp³-hybridized carbons (Fsp3) is 0.474. The minimum absolute atomic E-state index is 0.0761. The van der Waals surface area contributed by atoms with E-state index in [2.05, 4.69) is 15.8 Å². The Labute approximate surface area is 163 Å². The van der Waals surface area contributed by atoms with Crippen LogP contribution < -0.4 is 10.6 Å². The van der Waals surface area contributed by atoms with Crippen molar-refractivity contribution in [3.8, 4) is 0 Å². The van der Waals surface area contributed by atoms with Gasteiger partial charge >= 0.3 is 12.2 Å². The third-order valence-electron chi connectivity index (χ3n) is 3.64. The predicted octanol–water partition coefficient (Wildman–Crippen LogP) is 3.51. The number of carbonyl (C=O) groups excluding carboxylic acids is 2. The molecule has 1 heterocycles. The van der Waals surface area contributed by atoms with Crippen molar-refractivity contribution in [1.29, 1.82) is 0 Å². The maximum Gasteiger partial charge on any atom is 0.408 e. The fourth-order valence-electron chi connectivity index (χ4n) is 2.32. The van der Waals surface area contributed by atoms with Gasteiger partial charge in [-0.1, -0.05) is 12.1 Å². The molecule has 1 aromatic carbocycles. The third kappa shape index (κ3) is 7.65. The smallest absolute Gasteiger partial charge is 0.408 e. The highest BCUT2D eigenvalue weighted by molar-refractivity contribution is 5.68. The van der Waals surface area contributed by atoms with Gasteiger partial charge in [-0.3, -0.25) is 0 Å². The van der Waals surface area contributed by atoms with Gasteiger partial charge in [0, 0.05) is 0 Å². The quantitative estimate of drug-likeness (QED) is 0.717. The summed E-state index contributed by atoms with van der Waals surface area (Å²) in [4.78, 5) is 33.9. The van der Waals surface area contributed by atoms with Crippen molar-refractivity contribution in [1.82, 2.24) is 10.6 Å². The van der Waals surface area contributed by atoms with Crippen LogP contribution in [0.1, 0.15) is 32.8 Å². The molecule has 0 aromatic heterocycles. The molecule has 2 rings (SSSR count). The zero-order chi connectivity index (χ0) is 20.6. The molecule has 9 nitrogen and oxygen atoms in total. The number of amides is 2. The van der Waals surface area contributed by atoms with Crippen LogP contribution in [-0.2, 0) is 20.8 Å². The number of nitrogens with zero attached hydrogens (tertiary/aromatic N) is 1. The molecule has 0 fully saturated rings. The number of rotatable bonds is 6. The van der Waals surface area contributed by atoms with E-state index in [9.17, 15) is 14.5 Å². The van der Waals surface area contributed by atoms with E-state index in [0.29, 0.717) is 24.5 Å². The van der Waals surface area contributed by atoms with Gasteiger partial charge in [0.25, 0.3) is 0 Å². The first-order valence-electron chi connectivity index (χ1n) is 8.89. The summed E-state index contributed by atoms with van der Waals surface area (Å²) in [6.07, 6.45) is 1.30.